The summed E-state index contributed by atoms with van der Waals surface area (Å²) in [7, 11) is 0. The van der Waals surface area contributed by atoms with E-state index >= 15 is 0 Å². The van der Waals surface area contributed by atoms with Crippen LogP contribution in [0, 0.1) is 13.8 Å². The summed E-state index contributed by atoms with van der Waals surface area (Å²) in [5.41, 5.74) is 0.655. The first-order chi connectivity index (χ1) is 11.3. The number of alkyl halides is 3. The van der Waals surface area contributed by atoms with Gasteiger partial charge in [0.05, 0.1) is 16.9 Å². The van der Waals surface area contributed by atoms with Crippen LogP contribution in [-0.2, 0) is 6.18 Å². The van der Waals surface area contributed by atoms with Crippen molar-refractivity contribution in [3.05, 3.63) is 59.0 Å². The Hall–Kier alpha value is -2.90. The Labute approximate surface area is 135 Å². The molecule has 0 radical (unpaired) electrons. The van der Waals surface area contributed by atoms with Gasteiger partial charge in [-0.3, -0.25) is 4.79 Å². The van der Waals surface area contributed by atoms with E-state index in [0.29, 0.717) is 11.3 Å². The number of fused-ring (bicyclic) bond motifs is 1. The summed E-state index contributed by atoms with van der Waals surface area (Å²) in [6.45, 7) is 3.52. The maximum Gasteiger partial charge on any atom is 0.418 e. The minimum Gasteiger partial charge on any atom is -0.320 e. The lowest BCUT2D eigenvalue weighted by Crippen LogP contribution is -2.18. The minimum absolute atomic E-state index is 0.0249. The van der Waals surface area contributed by atoms with Crippen molar-refractivity contribution in [2.24, 2.45) is 0 Å². The molecule has 0 saturated carbocycles. The molecule has 1 N–H and O–H groups in total. The number of halogens is 3. The zero-order valence-electron chi connectivity index (χ0n) is 12.8. The van der Waals surface area contributed by atoms with Crippen LogP contribution in [0.4, 0.5) is 18.9 Å². The average molecular weight is 334 g/mol. The van der Waals surface area contributed by atoms with E-state index in [9.17, 15) is 18.0 Å². The number of carbonyl (C=O) groups excluding carboxylic acids is 1. The van der Waals surface area contributed by atoms with Crippen molar-refractivity contribution < 1.29 is 18.0 Å². The van der Waals surface area contributed by atoms with Crippen LogP contribution < -0.4 is 5.32 Å². The molecular weight excluding hydrogens is 321 g/mol. The molecule has 0 atom stereocenters. The van der Waals surface area contributed by atoms with Crippen molar-refractivity contribution >= 4 is 17.2 Å². The number of para-hydroxylation sites is 1. The van der Waals surface area contributed by atoms with E-state index < -0.39 is 17.6 Å². The number of hydrogen-bond acceptors (Lipinski definition) is 3. The lowest BCUT2D eigenvalue weighted by atomic mass is 10.1. The van der Waals surface area contributed by atoms with Crippen molar-refractivity contribution in [2.45, 2.75) is 20.0 Å². The Balaban J connectivity index is 1.97. The second-order valence-electron chi connectivity index (χ2n) is 5.34. The van der Waals surface area contributed by atoms with E-state index in [1.807, 2.05) is 0 Å². The fourth-order valence-corrected chi connectivity index (χ4v) is 2.38. The Bertz CT molecular complexity index is 931. The second kappa shape index (κ2) is 5.63. The fourth-order valence-electron chi connectivity index (χ4n) is 2.38. The molecule has 0 fully saturated rings. The van der Waals surface area contributed by atoms with Crippen LogP contribution in [0.15, 0.2) is 36.4 Å². The number of aromatic nitrogens is 3. The normalized spacial score (nSPS) is 11.7. The van der Waals surface area contributed by atoms with Crippen LogP contribution in [0.5, 0.6) is 0 Å². The molecule has 8 heteroatoms. The molecule has 5 nitrogen and oxygen atoms in total. The predicted molar refractivity (Wildman–Crippen MR) is 81.9 cm³/mol. The van der Waals surface area contributed by atoms with E-state index in [1.165, 1.54) is 24.3 Å². The number of benzene rings is 1. The highest BCUT2D eigenvalue weighted by atomic mass is 19.4. The van der Waals surface area contributed by atoms with Crippen LogP contribution in [0.25, 0.3) is 5.65 Å². The van der Waals surface area contributed by atoms with E-state index in [1.54, 1.807) is 24.4 Å². The molecule has 3 aromatic rings. The molecule has 1 amide bonds. The summed E-state index contributed by atoms with van der Waals surface area (Å²) in [5, 5.41) is 6.50. The van der Waals surface area contributed by atoms with Crippen LogP contribution >= 0.6 is 0 Å². The van der Waals surface area contributed by atoms with Crippen molar-refractivity contribution in [3.63, 3.8) is 0 Å². The molecule has 1 aromatic carbocycles. The number of amides is 1. The molecule has 0 unspecified atom stereocenters. The maximum absolute atomic E-state index is 13.0. The highest BCUT2D eigenvalue weighted by Gasteiger charge is 2.33. The molecule has 124 valence electrons. The van der Waals surface area contributed by atoms with Crippen LogP contribution in [0.1, 0.15) is 27.4 Å². The monoisotopic (exact) mass is 334 g/mol. The van der Waals surface area contributed by atoms with Gasteiger partial charge >= 0.3 is 6.18 Å². The molecule has 0 aliphatic rings. The van der Waals surface area contributed by atoms with Gasteiger partial charge in [0.25, 0.3) is 5.91 Å². The molecule has 2 aromatic heterocycles. The molecule has 0 spiro atoms. The molecule has 3 rings (SSSR count). The van der Waals surface area contributed by atoms with E-state index in [2.05, 4.69) is 15.4 Å². The van der Waals surface area contributed by atoms with Gasteiger partial charge in [0.2, 0.25) is 0 Å². The molecule has 0 aliphatic carbocycles. The van der Waals surface area contributed by atoms with Gasteiger partial charge in [0, 0.05) is 11.8 Å². The lowest BCUT2D eigenvalue weighted by molar-refractivity contribution is -0.136. The molecule has 0 bridgehead atoms. The summed E-state index contributed by atoms with van der Waals surface area (Å²) >= 11 is 0. The number of nitrogens with zero attached hydrogens (tertiary/aromatic N) is 3. The Morgan fingerprint density at radius 2 is 1.88 bits per heavy atom. The summed E-state index contributed by atoms with van der Waals surface area (Å²) in [6, 6.07) is 7.97. The Morgan fingerprint density at radius 1 is 1.17 bits per heavy atom. The number of rotatable bonds is 2. The predicted octanol–water partition coefficient (Wildman–Crippen LogP) is 3.62. The largest absolute Gasteiger partial charge is 0.418 e. The van der Waals surface area contributed by atoms with E-state index in [0.717, 1.165) is 11.8 Å². The maximum atomic E-state index is 13.0. The number of anilines is 1. The SMILES string of the molecule is Cc1cc2nc(C(=O)Nc3ccccc3C(F)(F)F)cc(C)n2n1. The number of aryl methyl sites for hydroxylation is 2. The summed E-state index contributed by atoms with van der Waals surface area (Å²) in [5.74, 6) is -0.712. The van der Waals surface area contributed by atoms with Crippen molar-refractivity contribution in [1.29, 1.82) is 0 Å². The highest BCUT2D eigenvalue weighted by Crippen LogP contribution is 2.34. The number of hydrogen-bond donors (Lipinski definition) is 1. The van der Waals surface area contributed by atoms with Gasteiger partial charge in [-0.05, 0) is 32.0 Å². The van der Waals surface area contributed by atoms with Crippen LogP contribution in [0.2, 0.25) is 0 Å². The summed E-state index contributed by atoms with van der Waals surface area (Å²) < 4.78 is 40.6. The van der Waals surface area contributed by atoms with Crippen molar-refractivity contribution in [1.82, 2.24) is 14.6 Å². The van der Waals surface area contributed by atoms with Crippen molar-refractivity contribution in [2.75, 3.05) is 5.32 Å². The van der Waals surface area contributed by atoms with Gasteiger partial charge in [0.1, 0.15) is 5.69 Å². The van der Waals surface area contributed by atoms with Gasteiger partial charge in [-0.15, -0.1) is 0 Å². The second-order valence-corrected chi connectivity index (χ2v) is 5.34. The minimum atomic E-state index is -4.56. The third kappa shape index (κ3) is 2.94. The highest BCUT2D eigenvalue weighted by molar-refractivity contribution is 6.03. The Morgan fingerprint density at radius 3 is 2.58 bits per heavy atom. The quantitative estimate of drug-likeness (QED) is 0.779. The topological polar surface area (TPSA) is 59.3 Å². The fraction of sp³-hybridized carbons (Fsp3) is 0.188. The van der Waals surface area contributed by atoms with Crippen LogP contribution in [0.3, 0.4) is 0 Å². The third-order valence-corrected chi connectivity index (χ3v) is 3.44. The number of carbonyl (C=O) groups is 1. The van der Waals surface area contributed by atoms with Gasteiger partial charge in [-0.1, -0.05) is 12.1 Å². The van der Waals surface area contributed by atoms with E-state index in [4.69, 9.17) is 0 Å². The van der Waals surface area contributed by atoms with Gasteiger partial charge in [-0.2, -0.15) is 18.3 Å². The third-order valence-electron chi connectivity index (χ3n) is 3.44. The van der Waals surface area contributed by atoms with Gasteiger partial charge < -0.3 is 5.32 Å². The zero-order chi connectivity index (χ0) is 17.5. The molecule has 0 aliphatic heterocycles. The van der Waals surface area contributed by atoms with Gasteiger partial charge in [0.15, 0.2) is 5.65 Å². The number of nitrogens with one attached hydrogen (secondary N) is 1. The summed E-state index contributed by atoms with van der Waals surface area (Å²) in [6.07, 6.45) is -4.56. The summed E-state index contributed by atoms with van der Waals surface area (Å²) in [4.78, 5) is 16.5. The smallest absolute Gasteiger partial charge is 0.320 e. The first-order valence-corrected chi connectivity index (χ1v) is 7.07. The first-order valence-electron chi connectivity index (χ1n) is 7.07. The first kappa shape index (κ1) is 16.0. The Kier molecular flexibility index (Phi) is 3.75. The van der Waals surface area contributed by atoms with Crippen molar-refractivity contribution in [3.8, 4) is 0 Å². The standard InChI is InChI=1S/C16H13F3N4O/c1-9-7-14-20-13(8-10(2)23(14)22-9)15(24)21-12-6-4-3-5-11(12)16(17,18)19/h3-8H,1-2H3,(H,21,24). The molecule has 2 heterocycles. The van der Waals surface area contributed by atoms with Gasteiger partial charge in [-0.25, -0.2) is 9.50 Å². The van der Waals surface area contributed by atoms with Crippen LogP contribution in [-0.4, -0.2) is 20.5 Å². The molecule has 0 saturated heterocycles. The molecular formula is C16H13F3N4O. The zero-order valence-corrected chi connectivity index (χ0v) is 12.8. The lowest BCUT2D eigenvalue weighted by Gasteiger charge is -2.13. The average Bonchev–Trinajstić information content (AvgIpc) is 2.87. The van der Waals surface area contributed by atoms with E-state index in [-0.39, 0.29) is 11.4 Å². The molecule has 24 heavy (non-hydrogen) atoms.